The molecule has 2 N–H and O–H groups in total. The number of sulfonamides is 1. The molecule has 1 rings (SSSR count). The molecular formula is C17H29Cl2N2O2S+. The Hall–Kier alpha value is -0.330. The summed E-state index contributed by atoms with van der Waals surface area (Å²) in [6.07, 6.45) is 1.76. The van der Waals surface area contributed by atoms with Gasteiger partial charge in [0.25, 0.3) is 0 Å². The Balaban J connectivity index is 2.84. The summed E-state index contributed by atoms with van der Waals surface area (Å²) in [5.41, 5.74) is 1.14. The van der Waals surface area contributed by atoms with Crippen molar-refractivity contribution in [3.63, 3.8) is 0 Å². The van der Waals surface area contributed by atoms with Crippen molar-refractivity contribution in [3.05, 3.63) is 27.2 Å². The summed E-state index contributed by atoms with van der Waals surface area (Å²) in [7, 11) is -3.70. The minimum Gasteiger partial charge on any atom is -0.335 e. The Morgan fingerprint density at radius 1 is 1.21 bits per heavy atom. The van der Waals surface area contributed by atoms with Gasteiger partial charge in [0.1, 0.15) is 4.90 Å². The number of aryl methyl sites for hydroxylation is 1. The van der Waals surface area contributed by atoms with Crippen LogP contribution in [0.2, 0.25) is 10.0 Å². The predicted molar refractivity (Wildman–Crippen MR) is 102 cm³/mol. The highest BCUT2D eigenvalue weighted by atomic mass is 35.5. The molecule has 138 valence electrons. The average Bonchev–Trinajstić information content (AvgIpc) is 2.49. The van der Waals surface area contributed by atoms with Crippen molar-refractivity contribution in [2.75, 3.05) is 19.6 Å². The molecule has 0 unspecified atom stereocenters. The van der Waals surface area contributed by atoms with Gasteiger partial charge in [-0.15, -0.1) is 0 Å². The average molecular weight is 396 g/mol. The number of quaternary nitrogens is 1. The smallest absolute Gasteiger partial charge is 0.242 e. The Morgan fingerprint density at radius 2 is 1.79 bits per heavy atom. The summed E-state index contributed by atoms with van der Waals surface area (Å²) < 4.78 is 28.2. The summed E-state index contributed by atoms with van der Waals surface area (Å²) in [5, 5.41) is 0.652. The number of rotatable bonds is 9. The topological polar surface area (TPSA) is 50.6 Å². The minimum absolute atomic E-state index is 0.0929. The molecule has 0 aliphatic heterocycles. The number of halogens is 2. The van der Waals surface area contributed by atoms with Gasteiger partial charge in [-0.2, -0.15) is 0 Å². The Morgan fingerprint density at radius 3 is 2.33 bits per heavy atom. The molecule has 0 aliphatic carbocycles. The third-order valence-corrected chi connectivity index (χ3v) is 7.13. The summed E-state index contributed by atoms with van der Waals surface area (Å²) in [4.78, 5) is 1.62. The second kappa shape index (κ2) is 9.39. The highest BCUT2D eigenvalue weighted by molar-refractivity contribution is 7.89. The molecule has 0 aromatic heterocycles. The maximum Gasteiger partial charge on any atom is 0.242 e. The molecule has 4 nitrogen and oxygen atoms in total. The van der Waals surface area contributed by atoms with Gasteiger partial charge in [0, 0.05) is 11.1 Å². The van der Waals surface area contributed by atoms with Crippen molar-refractivity contribution >= 4 is 33.2 Å². The molecule has 0 fully saturated rings. The van der Waals surface area contributed by atoms with Gasteiger partial charge in [0.2, 0.25) is 10.0 Å². The molecule has 0 saturated heterocycles. The summed E-state index contributed by atoms with van der Waals surface area (Å²) >= 11 is 12.4. The van der Waals surface area contributed by atoms with Crippen LogP contribution in [0.3, 0.4) is 0 Å². The van der Waals surface area contributed by atoms with E-state index in [-0.39, 0.29) is 16.0 Å². The van der Waals surface area contributed by atoms with Crippen LogP contribution in [-0.4, -0.2) is 34.1 Å². The van der Waals surface area contributed by atoms with Crippen LogP contribution in [0.25, 0.3) is 0 Å². The van der Waals surface area contributed by atoms with Crippen molar-refractivity contribution < 1.29 is 13.3 Å². The zero-order valence-corrected chi connectivity index (χ0v) is 17.5. The molecule has 0 heterocycles. The van der Waals surface area contributed by atoms with Gasteiger partial charge in [-0.1, -0.05) is 23.2 Å². The maximum atomic E-state index is 12.7. The van der Waals surface area contributed by atoms with E-state index < -0.39 is 10.0 Å². The van der Waals surface area contributed by atoms with Crippen LogP contribution in [0.5, 0.6) is 0 Å². The third kappa shape index (κ3) is 5.60. The summed E-state index contributed by atoms with van der Waals surface area (Å²) in [6, 6.07) is 1.54. The fraction of sp³-hybridized carbons (Fsp3) is 0.647. The van der Waals surface area contributed by atoms with Crippen LogP contribution in [0, 0.1) is 13.8 Å². The maximum absolute atomic E-state index is 12.7. The summed E-state index contributed by atoms with van der Waals surface area (Å²) in [5.74, 6) is 0. The first-order valence-electron chi connectivity index (χ1n) is 8.45. The molecule has 0 bridgehead atoms. The lowest BCUT2D eigenvalue weighted by Gasteiger charge is -2.19. The van der Waals surface area contributed by atoms with Crippen LogP contribution < -0.4 is 9.62 Å². The fourth-order valence-electron chi connectivity index (χ4n) is 2.78. The fourth-order valence-corrected chi connectivity index (χ4v) is 5.27. The lowest BCUT2D eigenvalue weighted by Crippen LogP contribution is -3.11. The van der Waals surface area contributed by atoms with E-state index in [1.807, 2.05) is 6.92 Å². The Labute approximate surface area is 156 Å². The molecule has 0 radical (unpaired) electrons. The first-order chi connectivity index (χ1) is 11.1. The lowest BCUT2D eigenvalue weighted by molar-refractivity contribution is -0.896. The van der Waals surface area contributed by atoms with Crippen molar-refractivity contribution in [1.29, 1.82) is 0 Å². The van der Waals surface area contributed by atoms with Gasteiger partial charge in [-0.05, 0) is 64.7 Å². The van der Waals surface area contributed by atoms with Crippen LogP contribution in [0.15, 0.2) is 11.0 Å². The van der Waals surface area contributed by atoms with E-state index in [9.17, 15) is 8.42 Å². The number of benzene rings is 1. The largest absolute Gasteiger partial charge is 0.335 e. The van der Waals surface area contributed by atoms with Gasteiger partial charge < -0.3 is 4.90 Å². The third-order valence-electron chi connectivity index (χ3n) is 4.38. The van der Waals surface area contributed by atoms with Crippen molar-refractivity contribution in [3.8, 4) is 0 Å². The van der Waals surface area contributed by atoms with E-state index in [1.54, 1.807) is 19.9 Å². The van der Waals surface area contributed by atoms with Crippen molar-refractivity contribution in [2.45, 2.75) is 58.4 Å². The molecule has 24 heavy (non-hydrogen) atoms. The lowest BCUT2D eigenvalue weighted by atomic mass is 10.2. The standard InChI is InChI=1S/C17H28Cl2N2O2S/c1-6-21(7-2)10-8-9-13(4)20-24(22,23)17-14(5)15(18)11-12(3)16(17)19/h11,13,20H,6-10H2,1-5H3/p+1/t13-/m0/s1. The minimum atomic E-state index is -3.70. The van der Waals surface area contributed by atoms with Crippen LogP contribution >= 0.6 is 23.2 Å². The Kier molecular flexibility index (Phi) is 8.50. The van der Waals surface area contributed by atoms with Gasteiger partial charge in [0.15, 0.2) is 0 Å². The van der Waals surface area contributed by atoms with Gasteiger partial charge in [-0.25, -0.2) is 13.1 Å². The quantitative estimate of drug-likeness (QED) is 0.674. The van der Waals surface area contributed by atoms with Crippen molar-refractivity contribution in [1.82, 2.24) is 4.72 Å². The Bertz CT molecular complexity index is 633. The number of hydrogen-bond donors (Lipinski definition) is 2. The zero-order valence-electron chi connectivity index (χ0n) is 15.2. The molecule has 1 aromatic carbocycles. The number of hydrogen-bond acceptors (Lipinski definition) is 2. The first-order valence-corrected chi connectivity index (χ1v) is 10.7. The predicted octanol–water partition coefficient (Wildman–Crippen LogP) is 2.98. The van der Waals surface area contributed by atoms with E-state index in [1.165, 1.54) is 4.90 Å². The van der Waals surface area contributed by atoms with Crippen molar-refractivity contribution in [2.24, 2.45) is 0 Å². The zero-order chi connectivity index (χ0) is 18.5. The van der Waals surface area contributed by atoms with E-state index in [2.05, 4.69) is 18.6 Å². The van der Waals surface area contributed by atoms with E-state index in [0.29, 0.717) is 16.1 Å². The van der Waals surface area contributed by atoms with E-state index >= 15 is 0 Å². The van der Waals surface area contributed by atoms with Gasteiger partial charge in [0.05, 0.1) is 24.7 Å². The normalized spacial score (nSPS) is 13.5. The van der Waals surface area contributed by atoms with Crippen LogP contribution in [-0.2, 0) is 10.0 Å². The summed E-state index contributed by atoms with van der Waals surface area (Å²) in [6.45, 7) is 12.9. The molecular weight excluding hydrogens is 367 g/mol. The second-order valence-corrected chi connectivity index (χ2v) is 8.75. The number of nitrogens with one attached hydrogen (secondary N) is 2. The van der Waals surface area contributed by atoms with E-state index in [0.717, 1.165) is 32.5 Å². The van der Waals surface area contributed by atoms with Crippen LogP contribution in [0.1, 0.15) is 44.7 Å². The second-order valence-electron chi connectivity index (χ2n) is 6.32. The highest BCUT2D eigenvalue weighted by Crippen LogP contribution is 2.33. The SMILES string of the molecule is CC[NH+](CC)CCC[C@H](C)NS(=O)(=O)c1c(C)c(Cl)cc(C)c1Cl. The first kappa shape index (κ1) is 21.7. The molecule has 1 atom stereocenters. The molecule has 1 aromatic rings. The van der Waals surface area contributed by atoms with Crippen LogP contribution in [0.4, 0.5) is 0 Å². The molecule has 0 saturated carbocycles. The molecule has 0 aliphatic rings. The highest BCUT2D eigenvalue weighted by Gasteiger charge is 2.25. The molecule has 0 amide bonds. The van der Waals surface area contributed by atoms with Gasteiger partial charge >= 0.3 is 0 Å². The molecule has 0 spiro atoms. The molecule has 7 heteroatoms. The van der Waals surface area contributed by atoms with E-state index in [4.69, 9.17) is 23.2 Å². The monoisotopic (exact) mass is 395 g/mol. The van der Waals surface area contributed by atoms with Gasteiger partial charge in [-0.3, -0.25) is 0 Å².